The molecule has 14 heteroatoms. The lowest BCUT2D eigenvalue weighted by Crippen LogP contribution is -2.55. The summed E-state index contributed by atoms with van der Waals surface area (Å²) < 4.78 is 34.4. The Labute approximate surface area is 293 Å². The Hall–Kier alpha value is -4.97. The lowest BCUT2D eigenvalue weighted by molar-refractivity contribution is -0.140. The molecular formula is C36H44N6O7S. The van der Waals surface area contributed by atoms with Gasteiger partial charge >= 0.3 is 12.1 Å². The van der Waals surface area contributed by atoms with Crippen LogP contribution in [0.3, 0.4) is 0 Å². The van der Waals surface area contributed by atoms with Crippen molar-refractivity contribution in [1.29, 1.82) is 0 Å². The van der Waals surface area contributed by atoms with E-state index in [1.54, 1.807) is 46.8 Å². The first-order valence-electron chi connectivity index (χ1n) is 16.3. The lowest BCUT2D eigenvalue weighted by atomic mass is 10.1. The summed E-state index contributed by atoms with van der Waals surface area (Å²) in [5, 5.41) is 15.0. The fourth-order valence-electron chi connectivity index (χ4n) is 5.04. The van der Waals surface area contributed by atoms with E-state index in [0.29, 0.717) is 25.2 Å². The number of alkyl carbamates (subject to hydrolysis) is 1. The van der Waals surface area contributed by atoms with E-state index < -0.39 is 39.8 Å². The van der Waals surface area contributed by atoms with Gasteiger partial charge in [-0.3, -0.25) is 14.6 Å². The zero-order valence-corrected chi connectivity index (χ0v) is 29.7. The highest BCUT2D eigenvalue weighted by molar-refractivity contribution is 7.87. The molecule has 2 aromatic carbocycles. The molecule has 0 saturated carbocycles. The van der Waals surface area contributed by atoms with Gasteiger partial charge in [-0.25, -0.2) is 4.79 Å². The fraction of sp³-hybridized carbons (Fsp3) is 0.389. The molecule has 4 rings (SSSR count). The van der Waals surface area contributed by atoms with Crippen LogP contribution in [0.4, 0.5) is 10.5 Å². The summed E-state index contributed by atoms with van der Waals surface area (Å²) in [6, 6.07) is 17.2. The Morgan fingerprint density at radius 2 is 1.52 bits per heavy atom. The number of nitrogens with zero attached hydrogens (tertiary/aromatic N) is 3. The van der Waals surface area contributed by atoms with Crippen molar-refractivity contribution in [2.45, 2.75) is 59.4 Å². The summed E-state index contributed by atoms with van der Waals surface area (Å²) in [6.45, 7) is 10.6. The monoisotopic (exact) mass is 704 g/mol. The summed E-state index contributed by atoms with van der Waals surface area (Å²) in [5.41, 5.74) is 3.67. The number of pyridine rings is 1. The fourth-order valence-corrected chi connectivity index (χ4v) is 6.52. The third-order valence-electron chi connectivity index (χ3n) is 7.64. The molecule has 0 unspecified atom stereocenters. The SMILES string of the molecule is CC(C)[C@@H](NS(=O)(=O)N1CCN(c2ccc(C#Cc3ccnc(C(=O)NCc4cccc(CNC(=O)OC(C)(C)C)c4)c3)cc2)CC1)C(=O)O. The predicted molar refractivity (Wildman–Crippen MR) is 189 cm³/mol. The van der Waals surface area contributed by atoms with Crippen molar-refractivity contribution in [1.82, 2.24) is 24.6 Å². The third-order valence-corrected chi connectivity index (χ3v) is 9.24. The number of carboxylic acids is 1. The van der Waals surface area contributed by atoms with Gasteiger partial charge in [0.2, 0.25) is 0 Å². The van der Waals surface area contributed by atoms with E-state index in [1.807, 2.05) is 48.5 Å². The maximum atomic E-state index is 12.9. The van der Waals surface area contributed by atoms with Crippen LogP contribution in [0.5, 0.6) is 0 Å². The Morgan fingerprint density at radius 3 is 2.12 bits per heavy atom. The first kappa shape index (κ1) is 37.8. The topological polar surface area (TPSA) is 170 Å². The number of benzene rings is 2. The molecule has 50 heavy (non-hydrogen) atoms. The van der Waals surface area contributed by atoms with E-state index in [9.17, 15) is 27.9 Å². The van der Waals surface area contributed by atoms with Crippen LogP contribution in [0.25, 0.3) is 0 Å². The highest BCUT2D eigenvalue weighted by atomic mass is 32.2. The standard InChI is InChI=1S/C36H44N6O7S/c1-25(2)32(34(44)45)40-50(47,48)42-19-17-41(18-20-42)30-13-11-26(12-14-30)9-10-27-15-16-37-31(22-27)33(43)38-23-28-7-6-8-29(21-28)24-39-35(46)49-36(3,4)5/h6-8,11-16,21-22,25,32,40H,17-20,23-24H2,1-5H3,(H,38,43)(H,39,46)(H,44,45)/t32-/m1/s1. The average molecular weight is 705 g/mol. The van der Waals surface area contributed by atoms with Crippen molar-refractivity contribution in [3.8, 4) is 11.8 Å². The number of carbonyl (C=O) groups is 3. The van der Waals surface area contributed by atoms with Gasteiger partial charge < -0.3 is 25.4 Å². The molecule has 0 aliphatic carbocycles. The zero-order chi connectivity index (χ0) is 36.5. The molecule has 1 saturated heterocycles. The quantitative estimate of drug-likeness (QED) is 0.218. The van der Waals surface area contributed by atoms with Gasteiger partial charge in [0.15, 0.2) is 0 Å². The van der Waals surface area contributed by atoms with Crippen molar-refractivity contribution in [2.75, 3.05) is 31.1 Å². The number of hydrogen-bond acceptors (Lipinski definition) is 8. The third kappa shape index (κ3) is 11.3. The number of hydrogen-bond donors (Lipinski definition) is 4. The molecule has 1 aromatic heterocycles. The highest BCUT2D eigenvalue weighted by Crippen LogP contribution is 2.19. The van der Waals surface area contributed by atoms with Gasteiger partial charge in [-0.15, -0.1) is 0 Å². The van der Waals surface area contributed by atoms with Crippen molar-refractivity contribution in [2.24, 2.45) is 5.92 Å². The van der Waals surface area contributed by atoms with Gasteiger partial charge in [0.25, 0.3) is 16.1 Å². The Kier molecular flexibility index (Phi) is 12.6. The van der Waals surface area contributed by atoms with E-state index >= 15 is 0 Å². The lowest BCUT2D eigenvalue weighted by Gasteiger charge is -2.36. The van der Waals surface area contributed by atoms with E-state index in [4.69, 9.17) is 4.74 Å². The second-order valence-corrected chi connectivity index (χ2v) is 14.9. The number of aliphatic carboxylic acids is 1. The highest BCUT2D eigenvalue weighted by Gasteiger charge is 2.33. The number of piperazine rings is 1. The predicted octanol–water partition coefficient (Wildman–Crippen LogP) is 3.50. The second kappa shape index (κ2) is 16.6. The molecule has 266 valence electrons. The van der Waals surface area contributed by atoms with Crippen LogP contribution in [0.1, 0.15) is 67.4 Å². The normalized spacial score (nSPS) is 14.3. The maximum absolute atomic E-state index is 12.9. The van der Waals surface area contributed by atoms with E-state index in [0.717, 1.165) is 22.4 Å². The number of ether oxygens (including phenoxy) is 1. The molecule has 13 nitrogen and oxygen atoms in total. The minimum Gasteiger partial charge on any atom is -0.480 e. The van der Waals surface area contributed by atoms with Gasteiger partial charge in [-0.1, -0.05) is 50.0 Å². The molecular weight excluding hydrogens is 660 g/mol. The van der Waals surface area contributed by atoms with Crippen LogP contribution in [-0.4, -0.2) is 78.6 Å². The molecule has 0 spiro atoms. The first-order chi connectivity index (χ1) is 23.6. The van der Waals surface area contributed by atoms with Crippen molar-refractivity contribution < 1.29 is 32.6 Å². The molecule has 0 bridgehead atoms. The molecule has 2 amide bonds. The second-order valence-electron chi connectivity index (χ2n) is 13.2. The summed E-state index contributed by atoms with van der Waals surface area (Å²) in [5.74, 6) is 4.24. The van der Waals surface area contributed by atoms with E-state index in [2.05, 4.69) is 37.1 Å². The molecule has 2 heterocycles. The molecule has 1 fully saturated rings. The summed E-state index contributed by atoms with van der Waals surface area (Å²) in [6.07, 6.45) is 1.03. The van der Waals surface area contributed by atoms with Crippen LogP contribution in [0.15, 0.2) is 66.9 Å². The number of aromatic nitrogens is 1. The van der Waals surface area contributed by atoms with E-state index in [1.165, 1.54) is 10.5 Å². The van der Waals surface area contributed by atoms with Crippen molar-refractivity contribution in [3.05, 3.63) is 94.8 Å². The van der Waals surface area contributed by atoms with E-state index in [-0.39, 0.29) is 31.2 Å². The number of amides is 2. The van der Waals surface area contributed by atoms with Gasteiger partial charge in [-0.2, -0.15) is 17.4 Å². The molecule has 3 aromatic rings. The molecule has 1 aliphatic heterocycles. The molecule has 1 atom stereocenters. The minimum absolute atomic E-state index is 0.221. The first-order valence-corrected chi connectivity index (χ1v) is 17.7. The van der Waals surface area contributed by atoms with Crippen molar-refractivity contribution >= 4 is 33.9 Å². The maximum Gasteiger partial charge on any atom is 0.407 e. The number of nitrogens with one attached hydrogen (secondary N) is 3. The van der Waals surface area contributed by atoms with Crippen LogP contribution >= 0.6 is 0 Å². The zero-order valence-electron chi connectivity index (χ0n) is 28.9. The smallest absolute Gasteiger partial charge is 0.407 e. The summed E-state index contributed by atoms with van der Waals surface area (Å²) >= 11 is 0. The number of carbonyl (C=O) groups excluding carboxylic acids is 2. The Bertz CT molecular complexity index is 1840. The van der Waals surface area contributed by atoms with Gasteiger partial charge in [0, 0.05) is 62.3 Å². The van der Waals surface area contributed by atoms with Gasteiger partial charge in [0.05, 0.1) is 0 Å². The summed E-state index contributed by atoms with van der Waals surface area (Å²) in [7, 11) is -3.94. The van der Waals surface area contributed by atoms with Crippen LogP contribution < -0.4 is 20.3 Å². The van der Waals surface area contributed by atoms with Gasteiger partial charge in [0.1, 0.15) is 17.3 Å². The van der Waals surface area contributed by atoms with Crippen LogP contribution in [0.2, 0.25) is 0 Å². The van der Waals surface area contributed by atoms with Gasteiger partial charge in [-0.05, 0) is 74.2 Å². The number of anilines is 1. The Balaban J connectivity index is 1.28. The van der Waals surface area contributed by atoms with Crippen LogP contribution in [-0.2, 0) is 32.8 Å². The largest absolute Gasteiger partial charge is 0.480 e. The number of rotatable bonds is 11. The minimum atomic E-state index is -3.94. The van der Waals surface area contributed by atoms with Crippen molar-refractivity contribution in [3.63, 3.8) is 0 Å². The average Bonchev–Trinajstić information content (AvgIpc) is 3.07. The molecule has 4 N–H and O–H groups in total. The summed E-state index contributed by atoms with van der Waals surface area (Å²) in [4.78, 5) is 42.6. The van der Waals surface area contributed by atoms with Crippen LogP contribution in [0, 0.1) is 17.8 Å². The number of carboxylic acid groups (broad SMARTS) is 1. The molecule has 0 radical (unpaired) electrons. The molecule has 1 aliphatic rings. The Morgan fingerprint density at radius 1 is 0.900 bits per heavy atom.